The molecule has 0 saturated heterocycles. The first-order valence-electron chi connectivity index (χ1n) is 5.31. The van der Waals surface area contributed by atoms with Crippen molar-refractivity contribution in [2.24, 2.45) is 0 Å². The largest absolute Gasteiger partial charge is 0.506 e. The first-order chi connectivity index (χ1) is 8.02. The Kier molecular flexibility index (Phi) is 3.36. The maximum absolute atomic E-state index is 9.58. The number of phenols is 1. The molecule has 1 aromatic rings. The van der Waals surface area contributed by atoms with Crippen LogP contribution >= 0.6 is 23.2 Å². The SMILES string of the molecule is Nc1c(O)ccc(Cl)c1CC1(Cl)C=CC=CC1. The molecule has 0 amide bonds. The van der Waals surface area contributed by atoms with Gasteiger partial charge in [-0.1, -0.05) is 35.9 Å². The maximum Gasteiger partial charge on any atom is 0.138 e. The number of phenolic OH excluding ortho intramolecular Hbond substituents is 1. The average molecular weight is 270 g/mol. The molecule has 3 N–H and O–H groups in total. The summed E-state index contributed by atoms with van der Waals surface area (Å²) in [6, 6.07) is 3.11. The molecule has 2 rings (SSSR count). The van der Waals surface area contributed by atoms with Crippen LogP contribution in [0.5, 0.6) is 5.75 Å². The van der Waals surface area contributed by atoms with Gasteiger partial charge in [0, 0.05) is 5.02 Å². The number of benzene rings is 1. The van der Waals surface area contributed by atoms with Gasteiger partial charge in [0.15, 0.2) is 0 Å². The minimum absolute atomic E-state index is 0.0417. The predicted molar refractivity (Wildman–Crippen MR) is 72.7 cm³/mol. The molecular formula is C13H13Cl2NO. The average Bonchev–Trinajstić information content (AvgIpc) is 2.31. The highest BCUT2D eigenvalue weighted by molar-refractivity contribution is 6.32. The van der Waals surface area contributed by atoms with Gasteiger partial charge in [0.25, 0.3) is 0 Å². The third kappa shape index (κ3) is 2.59. The molecule has 0 spiro atoms. The van der Waals surface area contributed by atoms with Crippen molar-refractivity contribution in [3.8, 4) is 5.75 Å². The van der Waals surface area contributed by atoms with E-state index in [1.165, 1.54) is 6.07 Å². The zero-order chi connectivity index (χ0) is 12.5. The van der Waals surface area contributed by atoms with Crippen molar-refractivity contribution in [1.82, 2.24) is 0 Å². The molecule has 0 aromatic heterocycles. The summed E-state index contributed by atoms with van der Waals surface area (Å²) in [6.45, 7) is 0. The Morgan fingerprint density at radius 1 is 1.35 bits per heavy atom. The monoisotopic (exact) mass is 269 g/mol. The van der Waals surface area contributed by atoms with Gasteiger partial charge < -0.3 is 10.8 Å². The summed E-state index contributed by atoms with van der Waals surface area (Å²) in [4.78, 5) is -0.514. The predicted octanol–water partition coefficient (Wildman–Crippen LogP) is 3.66. The van der Waals surface area contributed by atoms with Crippen molar-refractivity contribution in [2.75, 3.05) is 5.73 Å². The van der Waals surface area contributed by atoms with Crippen LogP contribution in [0.4, 0.5) is 5.69 Å². The first kappa shape index (κ1) is 12.3. The number of rotatable bonds is 2. The van der Waals surface area contributed by atoms with Crippen LogP contribution in [-0.2, 0) is 6.42 Å². The van der Waals surface area contributed by atoms with E-state index in [0.717, 1.165) is 6.42 Å². The topological polar surface area (TPSA) is 46.2 Å². The van der Waals surface area contributed by atoms with Crippen molar-refractivity contribution in [3.63, 3.8) is 0 Å². The Morgan fingerprint density at radius 2 is 2.12 bits per heavy atom. The molecule has 1 aliphatic rings. The number of halogens is 2. The molecule has 17 heavy (non-hydrogen) atoms. The number of nitrogens with two attached hydrogens (primary N) is 1. The molecule has 0 saturated carbocycles. The lowest BCUT2D eigenvalue weighted by molar-refractivity contribution is 0.477. The fraction of sp³-hybridized carbons (Fsp3) is 0.231. The Hall–Kier alpha value is -1.12. The normalized spacial score (nSPS) is 22.9. The highest BCUT2D eigenvalue weighted by Crippen LogP contribution is 2.37. The summed E-state index contributed by atoms with van der Waals surface area (Å²) in [5.74, 6) is 0.0417. The second kappa shape index (κ2) is 4.63. The Morgan fingerprint density at radius 3 is 2.76 bits per heavy atom. The molecule has 0 aliphatic heterocycles. The smallest absolute Gasteiger partial charge is 0.138 e. The van der Waals surface area contributed by atoms with Crippen molar-refractivity contribution < 1.29 is 5.11 Å². The second-order valence-electron chi connectivity index (χ2n) is 4.16. The van der Waals surface area contributed by atoms with Gasteiger partial charge in [-0.3, -0.25) is 0 Å². The van der Waals surface area contributed by atoms with Crippen LogP contribution < -0.4 is 5.73 Å². The Balaban J connectivity index is 2.33. The highest BCUT2D eigenvalue weighted by atomic mass is 35.5. The quantitative estimate of drug-likeness (QED) is 0.489. The summed E-state index contributed by atoms with van der Waals surface area (Å²) in [7, 11) is 0. The van der Waals surface area contributed by atoms with E-state index < -0.39 is 4.87 Å². The summed E-state index contributed by atoms with van der Waals surface area (Å²) < 4.78 is 0. The third-order valence-corrected chi connectivity index (χ3v) is 3.61. The molecule has 1 atom stereocenters. The molecule has 1 unspecified atom stereocenters. The lowest BCUT2D eigenvalue weighted by atomic mass is 9.91. The van der Waals surface area contributed by atoms with Crippen LogP contribution in [-0.4, -0.2) is 9.98 Å². The van der Waals surface area contributed by atoms with Crippen molar-refractivity contribution in [3.05, 3.63) is 47.0 Å². The van der Waals surface area contributed by atoms with Crippen LogP contribution in [0.25, 0.3) is 0 Å². The van der Waals surface area contributed by atoms with Crippen molar-refractivity contribution >= 4 is 28.9 Å². The molecular weight excluding hydrogens is 257 g/mol. The number of anilines is 1. The van der Waals surface area contributed by atoms with Crippen molar-refractivity contribution in [2.45, 2.75) is 17.7 Å². The van der Waals surface area contributed by atoms with E-state index >= 15 is 0 Å². The molecule has 0 heterocycles. The van der Waals surface area contributed by atoms with Gasteiger partial charge in [-0.15, -0.1) is 11.6 Å². The number of allylic oxidation sites excluding steroid dienone is 4. The van der Waals surface area contributed by atoms with E-state index in [4.69, 9.17) is 28.9 Å². The van der Waals surface area contributed by atoms with Crippen LogP contribution in [0.15, 0.2) is 36.4 Å². The molecule has 1 aliphatic carbocycles. The van der Waals surface area contributed by atoms with Gasteiger partial charge in [0.2, 0.25) is 0 Å². The Labute approximate surface area is 110 Å². The minimum Gasteiger partial charge on any atom is -0.506 e. The number of nitrogen functional groups attached to an aromatic ring is 1. The molecule has 1 aromatic carbocycles. The minimum atomic E-state index is -0.514. The van der Waals surface area contributed by atoms with E-state index in [-0.39, 0.29) is 5.75 Å². The number of hydrogen-bond donors (Lipinski definition) is 2. The second-order valence-corrected chi connectivity index (χ2v) is 5.32. The van der Waals surface area contributed by atoms with Crippen LogP contribution in [0, 0.1) is 0 Å². The van der Waals surface area contributed by atoms with E-state index in [0.29, 0.717) is 22.7 Å². The fourth-order valence-corrected chi connectivity index (χ4v) is 2.40. The molecule has 0 fully saturated rings. The molecule has 2 nitrogen and oxygen atoms in total. The highest BCUT2D eigenvalue weighted by Gasteiger charge is 2.27. The fourth-order valence-electron chi connectivity index (χ4n) is 1.87. The summed E-state index contributed by atoms with van der Waals surface area (Å²) in [6.07, 6.45) is 9.00. The zero-order valence-corrected chi connectivity index (χ0v) is 10.7. The molecule has 4 heteroatoms. The maximum atomic E-state index is 9.58. The van der Waals surface area contributed by atoms with Crippen LogP contribution in [0.2, 0.25) is 5.02 Å². The van der Waals surface area contributed by atoms with Gasteiger partial charge in [-0.2, -0.15) is 0 Å². The van der Waals surface area contributed by atoms with E-state index in [1.807, 2.05) is 24.3 Å². The molecule has 90 valence electrons. The van der Waals surface area contributed by atoms with Gasteiger partial charge in [0.05, 0.1) is 10.6 Å². The first-order valence-corrected chi connectivity index (χ1v) is 6.06. The molecule has 0 bridgehead atoms. The summed E-state index contributed by atoms with van der Waals surface area (Å²) in [5.41, 5.74) is 6.83. The van der Waals surface area contributed by atoms with Crippen molar-refractivity contribution in [1.29, 1.82) is 0 Å². The number of alkyl halides is 1. The summed E-state index contributed by atoms with van der Waals surface area (Å²) >= 11 is 12.6. The summed E-state index contributed by atoms with van der Waals surface area (Å²) in [5, 5.41) is 10.1. The zero-order valence-electron chi connectivity index (χ0n) is 9.16. The Bertz CT molecular complexity index is 496. The van der Waals surface area contributed by atoms with E-state index in [2.05, 4.69) is 0 Å². The number of hydrogen-bond acceptors (Lipinski definition) is 2. The van der Waals surface area contributed by atoms with E-state index in [1.54, 1.807) is 6.07 Å². The van der Waals surface area contributed by atoms with Gasteiger partial charge in [0.1, 0.15) is 5.75 Å². The van der Waals surface area contributed by atoms with Gasteiger partial charge in [-0.25, -0.2) is 0 Å². The molecule has 0 radical (unpaired) electrons. The van der Waals surface area contributed by atoms with Gasteiger partial charge in [-0.05, 0) is 30.5 Å². The standard InChI is InChI=1S/C13H13Cl2NO/c14-10-4-5-11(17)12(16)9(10)8-13(15)6-2-1-3-7-13/h1-6,17H,7-8,16H2. The third-order valence-electron chi connectivity index (χ3n) is 2.85. The van der Waals surface area contributed by atoms with Gasteiger partial charge >= 0.3 is 0 Å². The van der Waals surface area contributed by atoms with E-state index in [9.17, 15) is 5.11 Å². The number of aromatic hydroxyl groups is 1. The van der Waals surface area contributed by atoms with Crippen LogP contribution in [0.3, 0.4) is 0 Å². The van der Waals surface area contributed by atoms with Crippen LogP contribution in [0.1, 0.15) is 12.0 Å². The lowest BCUT2D eigenvalue weighted by Crippen LogP contribution is -2.23. The lowest BCUT2D eigenvalue weighted by Gasteiger charge is -2.25.